The second kappa shape index (κ2) is 4.31. The number of rotatable bonds is 2. The van der Waals surface area contributed by atoms with Crippen molar-refractivity contribution < 1.29 is 13.6 Å². The normalized spacial score (nSPS) is 10.1. The van der Waals surface area contributed by atoms with Crippen LogP contribution in [-0.4, -0.2) is 15.9 Å². The third kappa shape index (κ3) is 2.03. The predicted octanol–water partition coefficient (Wildman–Crippen LogP) is 2.07. The fourth-order valence-corrected chi connectivity index (χ4v) is 1.60. The molecule has 2 aromatic rings. The first-order valence-corrected chi connectivity index (χ1v) is 5.06. The number of thiazole rings is 1. The summed E-state index contributed by atoms with van der Waals surface area (Å²) in [5, 5.41) is 4.19. The highest BCUT2D eigenvalue weighted by atomic mass is 32.1. The van der Waals surface area contributed by atoms with Gasteiger partial charge in [-0.1, -0.05) is 0 Å². The van der Waals surface area contributed by atoms with E-state index in [4.69, 9.17) is 0 Å². The third-order valence-corrected chi connectivity index (χ3v) is 2.42. The predicted molar refractivity (Wildman–Crippen MR) is 54.2 cm³/mol. The number of nitrogens with zero attached hydrogens (tertiary/aromatic N) is 2. The van der Waals surface area contributed by atoms with Crippen molar-refractivity contribution in [3.05, 3.63) is 41.2 Å². The maximum atomic E-state index is 13.1. The molecule has 0 bridgehead atoms. The molecular weight excluding hydrogens is 236 g/mol. The van der Waals surface area contributed by atoms with E-state index >= 15 is 0 Å². The van der Waals surface area contributed by atoms with Crippen LogP contribution in [0.2, 0.25) is 0 Å². The van der Waals surface area contributed by atoms with Gasteiger partial charge in [0.25, 0.3) is 5.91 Å². The Morgan fingerprint density at radius 3 is 2.56 bits per heavy atom. The number of carbonyl (C=O) groups is 1. The summed E-state index contributed by atoms with van der Waals surface area (Å²) < 4.78 is 26.3. The topological polar surface area (TPSA) is 54.9 Å². The van der Waals surface area contributed by atoms with Crippen molar-refractivity contribution in [3.8, 4) is 0 Å². The molecule has 82 valence electrons. The summed E-state index contributed by atoms with van der Waals surface area (Å²) >= 11 is 1.15. The standard InChI is InChI=1S/C9H5F2N3OS/c10-5-3-12-4-6(11)7(5)8(15)14-9-13-1-2-16-9/h1-4H,(H,13,14,15). The Morgan fingerprint density at radius 1 is 1.31 bits per heavy atom. The molecular formula is C9H5F2N3OS. The van der Waals surface area contributed by atoms with Gasteiger partial charge in [-0.2, -0.15) is 0 Å². The SMILES string of the molecule is O=C(Nc1nccs1)c1c(F)cncc1F. The smallest absolute Gasteiger partial charge is 0.263 e. The molecule has 0 spiro atoms. The highest BCUT2D eigenvalue weighted by Crippen LogP contribution is 2.15. The minimum absolute atomic E-state index is 0.278. The van der Waals surface area contributed by atoms with Gasteiger partial charge >= 0.3 is 0 Å². The number of hydrogen-bond acceptors (Lipinski definition) is 4. The van der Waals surface area contributed by atoms with Crippen molar-refractivity contribution in [1.82, 2.24) is 9.97 Å². The number of carbonyl (C=O) groups excluding carboxylic acids is 1. The Morgan fingerprint density at radius 2 is 2.00 bits per heavy atom. The van der Waals surface area contributed by atoms with Crippen LogP contribution in [0.1, 0.15) is 10.4 Å². The minimum Gasteiger partial charge on any atom is -0.298 e. The lowest BCUT2D eigenvalue weighted by molar-refractivity contribution is 0.101. The lowest BCUT2D eigenvalue weighted by Gasteiger charge is -2.03. The van der Waals surface area contributed by atoms with Gasteiger partial charge in [-0.05, 0) is 0 Å². The molecule has 2 aromatic heterocycles. The quantitative estimate of drug-likeness (QED) is 0.875. The molecule has 7 heteroatoms. The Balaban J connectivity index is 2.28. The van der Waals surface area contributed by atoms with Crippen LogP contribution >= 0.6 is 11.3 Å². The van der Waals surface area contributed by atoms with E-state index in [0.29, 0.717) is 0 Å². The highest BCUT2D eigenvalue weighted by Gasteiger charge is 2.18. The number of nitrogens with one attached hydrogen (secondary N) is 1. The lowest BCUT2D eigenvalue weighted by atomic mass is 10.2. The summed E-state index contributed by atoms with van der Waals surface area (Å²) in [5.74, 6) is -2.89. The molecule has 0 fully saturated rings. The molecule has 1 N–H and O–H groups in total. The molecule has 0 aliphatic rings. The maximum Gasteiger partial charge on any atom is 0.263 e. The highest BCUT2D eigenvalue weighted by molar-refractivity contribution is 7.13. The number of halogens is 2. The summed E-state index contributed by atoms with van der Waals surface area (Å²) in [6.07, 6.45) is 3.03. The van der Waals surface area contributed by atoms with Gasteiger partial charge in [0.15, 0.2) is 16.8 Å². The van der Waals surface area contributed by atoms with Crippen LogP contribution in [0.5, 0.6) is 0 Å². The number of aromatic nitrogens is 2. The van der Waals surface area contributed by atoms with Gasteiger partial charge in [-0.3, -0.25) is 15.1 Å². The molecule has 16 heavy (non-hydrogen) atoms. The first-order chi connectivity index (χ1) is 7.68. The molecule has 4 nitrogen and oxygen atoms in total. The van der Waals surface area contributed by atoms with Gasteiger partial charge in [0.1, 0.15) is 5.56 Å². The maximum absolute atomic E-state index is 13.1. The Labute approximate surface area is 93.0 Å². The first kappa shape index (κ1) is 10.6. The summed E-state index contributed by atoms with van der Waals surface area (Å²) in [4.78, 5) is 18.5. The number of pyridine rings is 1. The zero-order chi connectivity index (χ0) is 11.5. The molecule has 0 atom stereocenters. The Kier molecular flexibility index (Phi) is 2.86. The van der Waals surface area contributed by atoms with Crippen LogP contribution in [-0.2, 0) is 0 Å². The zero-order valence-corrected chi connectivity index (χ0v) is 8.59. The molecule has 2 rings (SSSR count). The van der Waals surface area contributed by atoms with Gasteiger partial charge in [0.05, 0.1) is 12.4 Å². The largest absolute Gasteiger partial charge is 0.298 e. The van der Waals surface area contributed by atoms with Gasteiger partial charge in [0.2, 0.25) is 0 Å². The second-order valence-electron chi connectivity index (χ2n) is 2.77. The molecule has 0 saturated carbocycles. The van der Waals surface area contributed by atoms with E-state index in [1.807, 2.05) is 0 Å². The minimum atomic E-state index is -1.01. The van der Waals surface area contributed by atoms with E-state index in [2.05, 4.69) is 15.3 Å². The number of amides is 1. The Hall–Kier alpha value is -1.89. The zero-order valence-electron chi connectivity index (χ0n) is 7.78. The number of anilines is 1. The average molecular weight is 241 g/mol. The van der Waals surface area contributed by atoms with Gasteiger partial charge < -0.3 is 0 Å². The molecule has 1 amide bonds. The third-order valence-electron chi connectivity index (χ3n) is 1.73. The average Bonchev–Trinajstić information content (AvgIpc) is 2.70. The van der Waals surface area contributed by atoms with Crippen molar-refractivity contribution in [2.75, 3.05) is 5.32 Å². The molecule has 2 heterocycles. The molecule has 0 aliphatic carbocycles. The number of hydrogen-bond donors (Lipinski definition) is 1. The van der Waals surface area contributed by atoms with Gasteiger partial charge in [-0.15, -0.1) is 11.3 Å². The van der Waals surface area contributed by atoms with Crippen LogP contribution in [0.3, 0.4) is 0 Å². The van der Waals surface area contributed by atoms with Crippen LogP contribution < -0.4 is 5.32 Å². The molecule has 0 unspecified atom stereocenters. The summed E-state index contributed by atoms with van der Waals surface area (Å²) in [6, 6.07) is 0. The molecule has 0 saturated heterocycles. The van der Waals surface area contributed by atoms with Crippen LogP contribution in [0, 0.1) is 11.6 Å². The summed E-state index contributed by atoms with van der Waals surface area (Å²) in [5.41, 5.74) is -0.662. The fourth-order valence-electron chi connectivity index (χ4n) is 1.07. The van der Waals surface area contributed by atoms with E-state index in [9.17, 15) is 13.6 Å². The second-order valence-corrected chi connectivity index (χ2v) is 3.66. The van der Waals surface area contributed by atoms with Crippen molar-refractivity contribution in [3.63, 3.8) is 0 Å². The van der Waals surface area contributed by atoms with Gasteiger partial charge in [0, 0.05) is 11.6 Å². The van der Waals surface area contributed by atoms with Crippen LogP contribution in [0.25, 0.3) is 0 Å². The van der Waals surface area contributed by atoms with Crippen molar-refractivity contribution in [1.29, 1.82) is 0 Å². The van der Waals surface area contributed by atoms with Crippen LogP contribution in [0.15, 0.2) is 24.0 Å². The van der Waals surface area contributed by atoms with E-state index in [-0.39, 0.29) is 5.13 Å². The summed E-state index contributed by atoms with van der Waals surface area (Å²) in [6.45, 7) is 0. The van der Waals surface area contributed by atoms with Gasteiger partial charge in [-0.25, -0.2) is 13.8 Å². The monoisotopic (exact) mass is 241 g/mol. The first-order valence-electron chi connectivity index (χ1n) is 4.18. The van der Waals surface area contributed by atoms with E-state index < -0.39 is 23.1 Å². The van der Waals surface area contributed by atoms with E-state index in [0.717, 1.165) is 23.7 Å². The van der Waals surface area contributed by atoms with Crippen molar-refractivity contribution >= 4 is 22.4 Å². The van der Waals surface area contributed by atoms with E-state index in [1.54, 1.807) is 5.38 Å². The van der Waals surface area contributed by atoms with E-state index in [1.165, 1.54) is 6.20 Å². The molecule has 0 aromatic carbocycles. The Bertz CT molecular complexity index is 495. The van der Waals surface area contributed by atoms with Crippen molar-refractivity contribution in [2.45, 2.75) is 0 Å². The molecule has 0 radical (unpaired) electrons. The summed E-state index contributed by atoms with van der Waals surface area (Å²) in [7, 11) is 0. The molecule has 0 aliphatic heterocycles. The lowest BCUT2D eigenvalue weighted by Crippen LogP contribution is -2.16. The fraction of sp³-hybridized carbons (Fsp3) is 0. The van der Waals surface area contributed by atoms with Crippen molar-refractivity contribution in [2.24, 2.45) is 0 Å². The van der Waals surface area contributed by atoms with Crippen LogP contribution in [0.4, 0.5) is 13.9 Å².